The van der Waals surface area contributed by atoms with Crippen molar-refractivity contribution in [3.05, 3.63) is 23.0 Å². The molecule has 18 heavy (non-hydrogen) atoms. The summed E-state index contributed by atoms with van der Waals surface area (Å²) < 4.78 is 39.8. The standard InChI is InChI=1S/C13H17F2NO2/c1-8-13(18-7-6-17-3)11-9(14)4-5-10(15)12(11)16(8)2/h5,9H,4,6-7H2,1-3H3. The molecule has 100 valence electrons. The third-order valence-electron chi connectivity index (χ3n) is 3.24. The van der Waals surface area contributed by atoms with Gasteiger partial charge >= 0.3 is 0 Å². The molecule has 1 aromatic heterocycles. The highest BCUT2D eigenvalue weighted by Crippen LogP contribution is 2.44. The first-order chi connectivity index (χ1) is 8.57. The van der Waals surface area contributed by atoms with Crippen LogP contribution in [0.2, 0.25) is 0 Å². The summed E-state index contributed by atoms with van der Waals surface area (Å²) >= 11 is 0. The second-order valence-corrected chi connectivity index (χ2v) is 4.33. The lowest BCUT2D eigenvalue weighted by molar-refractivity contribution is 0.144. The van der Waals surface area contributed by atoms with E-state index >= 15 is 0 Å². The monoisotopic (exact) mass is 257 g/mol. The van der Waals surface area contributed by atoms with Crippen molar-refractivity contribution in [3.63, 3.8) is 0 Å². The van der Waals surface area contributed by atoms with E-state index < -0.39 is 6.17 Å². The van der Waals surface area contributed by atoms with Gasteiger partial charge in [0.25, 0.3) is 0 Å². The summed E-state index contributed by atoms with van der Waals surface area (Å²) in [6.07, 6.45) is 0.130. The number of nitrogens with zero attached hydrogens (tertiary/aromatic N) is 1. The van der Waals surface area contributed by atoms with E-state index in [1.807, 2.05) is 0 Å². The number of alkyl halides is 1. The number of fused-ring (bicyclic) bond motifs is 1. The molecule has 0 fully saturated rings. The Labute approximate surface area is 105 Å². The van der Waals surface area contributed by atoms with Gasteiger partial charge in [0, 0.05) is 20.6 Å². The third-order valence-corrected chi connectivity index (χ3v) is 3.24. The number of rotatable bonds is 4. The van der Waals surface area contributed by atoms with Crippen molar-refractivity contribution in [1.29, 1.82) is 0 Å². The molecule has 0 saturated carbocycles. The molecule has 1 heterocycles. The first kappa shape index (κ1) is 13.1. The number of methoxy groups -OCH3 is 1. The van der Waals surface area contributed by atoms with E-state index in [0.717, 1.165) is 5.69 Å². The molecule has 0 saturated heterocycles. The van der Waals surface area contributed by atoms with Crippen LogP contribution in [-0.2, 0) is 11.8 Å². The number of hydrogen-bond donors (Lipinski definition) is 0. The molecule has 1 unspecified atom stereocenters. The van der Waals surface area contributed by atoms with Crippen molar-refractivity contribution in [1.82, 2.24) is 4.57 Å². The van der Waals surface area contributed by atoms with Crippen molar-refractivity contribution < 1.29 is 18.3 Å². The third kappa shape index (κ3) is 2.03. The fourth-order valence-corrected chi connectivity index (χ4v) is 2.21. The Morgan fingerprint density at radius 2 is 2.17 bits per heavy atom. The molecule has 1 aliphatic carbocycles. The van der Waals surface area contributed by atoms with Crippen LogP contribution >= 0.6 is 0 Å². The molecule has 0 aromatic carbocycles. The Morgan fingerprint density at radius 1 is 1.44 bits per heavy atom. The van der Waals surface area contributed by atoms with Crippen LogP contribution in [0.15, 0.2) is 6.08 Å². The molecule has 0 N–H and O–H groups in total. The zero-order valence-corrected chi connectivity index (χ0v) is 10.8. The predicted molar refractivity (Wildman–Crippen MR) is 65.1 cm³/mol. The van der Waals surface area contributed by atoms with E-state index in [-0.39, 0.29) is 12.2 Å². The summed E-state index contributed by atoms with van der Waals surface area (Å²) in [6, 6.07) is 0. The molecule has 0 bridgehead atoms. The van der Waals surface area contributed by atoms with Crippen LogP contribution in [0.25, 0.3) is 5.83 Å². The van der Waals surface area contributed by atoms with E-state index in [9.17, 15) is 8.78 Å². The molecule has 0 aliphatic heterocycles. The molecular weight excluding hydrogens is 240 g/mol. The summed E-state index contributed by atoms with van der Waals surface area (Å²) in [5.74, 6) is 0.0615. The Balaban J connectivity index is 2.41. The van der Waals surface area contributed by atoms with Crippen LogP contribution in [0.4, 0.5) is 8.78 Å². The maximum absolute atomic E-state index is 14.0. The quantitative estimate of drug-likeness (QED) is 0.774. The molecular formula is C13H17F2NO2. The summed E-state index contributed by atoms with van der Waals surface area (Å²) in [5.41, 5.74) is 1.34. The fraction of sp³-hybridized carbons (Fsp3) is 0.538. The number of ether oxygens (including phenoxy) is 2. The molecule has 1 atom stereocenters. The first-order valence-electron chi connectivity index (χ1n) is 5.89. The minimum absolute atomic E-state index is 0.0585. The lowest BCUT2D eigenvalue weighted by Gasteiger charge is -2.15. The van der Waals surface area contributed by atoms with E-state index in [1.54, 1.807) is 25.6 Å². The predicted octanol–water partition coefficient (Wildman–Crippen LogP) is 3.08. The lowest BCUT2D eigenvalue weighted by atomic mass is 10.0. The SMILES string of the molecule is COCCOc1c2c(n(C)c1C)C(F)=CCC2F. The summed E-state index contributed by atoms with van der Waals surface area (Å²) in [6.45, 7) is 2.53. The second-order valence-electron chi connectivity index (χ2n) is 4.33. The maximum Gasteiger partial charge on any atom is 0.146 e. The summed E-state index contributed by atoms with van der Waals surface area (Å²) in [5, 5.41) is 0. The number of allylic oxidation sites excluding steroid dienone is 1. The Hall–Kier alpha value is -1.36. The number of hydrogen-bond acceptors (Lipinski definition) is 2. The highest BCUT2D eigenvalue weighted by Gasteiger charge is 2.31. The fourth-order valence-electron chi connectivity index (χ4n) is 2.21. The molecule has 2 rings (SSSR count). The van der Waals surface area contributed by atoms with Gasteiger partial charge in [-0.3, -0.25) is 0 Å². The second kappa shape index (κ2) is 5.10. The molecule has 5 heteroatoms. The summed E-state index contributed by atoms with van der Waals surface area (Å²) in [4.78, 5) is 0. The van der Waals surface area contributed by atoms with Gasteiger partial charge in [0.1, 0.15) is 24.4 Å². The van der Waals surface area contributed by atoms with E-state index in [2.05, 4.69) is 0 Å². The molecule has 3 nitrogen and oxygen atoms in total. The Morgan fingerprint density at radius 3 is 2.83 bits per heavy atom. The van der Waals surface area contributed by atoms with Crippen LogP contribution in [0.3, 0.4) is 0 Å². The highest BCUT2D eigenvalue weighted by molar-refractivity contribution is 5.67. The molecule has 1 aliphatic rings. The average Bonchev–Trinajstić information content (AvgIpc) is 2.60. The molecule has 1 aromatic rings. The number of halogens is 2. The van der Waals surface area contributed by atoms with Crippen LogP contribution in [0, 0.1) is 6.92 Å². The minimum atomic E-state index is -1.21. The van der Waals surface area contributed by atoms with Crippen LogP contribution in [0.1, 0.15) is 29.5 Å². The van der Waals surface area contributed by atoms with Crippen LogP contribution < -0.4 is 4.74 Å². The van der Waals surface area contributed by atoms with Gasteiger partial charge in [-0.05, 0) is 13.0 Å². The van der Waals surface area contributed by atoms with Crippen molar-refractivity contribution in [2.24, 2.45) is 7.05 Å². The summed E-state index contributed by atoms with van der Waals surface area (Å²) in [7, 11) is 3.28. The van der Waals surface area contributed by atoms with Gasteiger partial charge < -0.3 is 14.0 Å². The normalized spacial score (nSPS) is 18.5. The average molecular weight is 257 g/mol. The van der Waals surface area contributed by atoms with Gasteiger partial charge in [-0.15, -0.1) is 0 Å². The van der Waals surface area contributed by atoms with Gasteiger partial charge in [0.2, 0.25) is 0 Å². The topological polar surface area (TPSA) is 23.4 Å². The van der Waals surface area contributed by atoms with E-state index in [0.29, 0.717) is 30.2 Å². The molecule has 0 amide bonds. The Bertz CT molecular complexity index is 480. The van der Waals surface area contributed by atoms with Crippen LogP contribution in [-0.4, -0.2) is 24.9 Å². The van der Waals surface area contributed by atoms with Gasteiger partial charge in [0.05, 0.1) is 23.6 Å². The zero-order valence-electron chi connectivity index (χ0n) is 10.8. The smallest absolute Gasteiger partial charge is 0.146 e. The van der Waals surface area contributed by atoms with Gasteiger partial charge in [-0.1, -0.05) is 0 Å². The van der Waals surface area contributed by atoms with Crippen molar-refractivity contribution in [2.75, 3.05) is 20.3 Å². The van der Waals surface area contributed by atoms with E-state index in [1.165, 1.54) is 6.08 Å². The highest BCUT2D eigenvalue weighted by atomic mass is 19.1. The lowest BCUT2D eigenvalue weighted by Crippen LogP contribution is -2.07. The van der Waals surface area contributed by atoms with Gasteiger partial charge in [0.15, 0.2) is 0 Å². The van der Waals surface area contributed by atoms with Gasteiger partial charge in [-0.25, -0.2) is 8.78 Å². The minimum Gasteiger partial charge on any atom is -0.489 e. The van der Waals surface area contributed by atoms with Gasteiger partial charge in [-0.2, -0.15) is 0 Å². The molecule has 0 radical (unpaired) electrons. The van der Waals surface area contributed by atoms with Crippen molar-refractivity contribution in [3.8, 4) is 5.75 Å². The first-order valence-corrected chi connectivity index (χ1v) is 5.89. The maximum atomic E-state index is 14.0. The van der Waals surface area contributed by atoms with Crippen LogP contribution in [0.5, 0.6) is 5.75 Å². The van der Waals surface area contributed by atoms with E-state index in [4.69, 9.17) is 9.47 Å². The van der Waals surface area contributed by atoms with Crippen molar-refractivity contribution in [2.45, 2.75) is 19.5 Å². The zero-order chi connectivity index (χ0) is 13.3. The largest absolute Gasteiger partial charge is 0.489 e. The Kier molecular flexibility index (Phi) is 3.71. The molecule has 0 spiro atoms. The number of aromatic nitrogens is 1. The van der Waals surface area contributed by atoms with Crippen molar-refractivity contribution >= 4 is 5.83 Å².